The summed E-state index contributed by atoms with van der Waals surface area (Å²) >= 11 is 0. The summed E-state index contributed by atoms with van der Waals surface area (Å²) in [5.41, 5.74) is -0.543. The minimum absolute atomic E-state index is 0.0232. The number of aryl methyl sites for hydroxylation is 1. The first-order chi connectivity index (χ1) is 12.4. The molecule has 2 N–H and O–H groups in total. The lowest BCUT2D eigenvalue weighted by atomic mass is 9.96. The van der Waals surface area contributed by atoms with E-state index < -0.39 is 11.4 Å². The SMILES string of the molecule is CNC(=O)C1(Nc2cccc(F)c2)CCN(C(=O)Cc2nc(C)no2)C1. The number of halogens is 1. The molecule has 9 heteroatoms. The highest BCUT2D eigenvalue weighted by Crippen LogP contribution is 2.27. The molecule has 2 aromatic rings. The third kappa shape index (κ3) is 3.66. The van der Waals surface area contributed by atoms with Crippen molar-refractivity contribution in [3.05, 3.63) is 41.8 Å². The fourth-order valence-corrected chi connectivity index (χ4v) is 3.10. The van der Waals surface area contributed by atoms with E-state index in [2.05, 4.69) is 20.8 Å². The maximum Gasteiger partial charge on any atom is 0.247 e. The van der Waals surface area contributed by atoms with Gasteiger partial charge in [0.15, 0.2) is 5.82 Å². The van der Waals surface area contributed by atoms with Crippen molar-refractivity contribution in [3.8, 4) is 0 Å². The molecular formula is C17H20FN5O3. The first-order valence-electron chi connectivity index (χ1n) is 8.25. The maximum atomic E-state index is 13.5. The van der Waals surface area contributed by atoms with Gasteiger partial charge in [-0.25, -0.2) is 4.39 Å². The van der Waals surface area contributed by atoms with Gasteiger partial charge >= 0.3 is 0 Å². The van der Waals surface area contributed by atoms with Gasteiger partial charge in [-0.2, -0.15) is 4.98 Å². The van der Waals surface area contributed by atoms with Crippen LogP contribution < -0.4 is 10.6 Å². The smallest absolute Gasteiger partial charge is 0.247 e. The molecule has 1 fully saturated rings. The Kier molecular flexibility index (Phi) is 4.88. The van der Waals surface area contributed by atoms with Gasteiger partial charge in [-0.15, -0.1) is 0 Å². The van der Waals surface area contributed by atoms with Crippen LogP contribution in [-0.4, -0.2) is 52.5 Å². The van der Waals surface area contributed by atoms with Crippen LogP contribution in [0.2, 0.25) is 0 Å². The van der Waals surface area contributed by atoms with E-state index in [1.165, 1.54) is 19.2 Å². The number of likely N-dealkylation sites (tertiary alicyclic amines) is 1. The summed E-state index contributed by atoms with van der Waals surface area (Å²) in [5.74, 6) is -0.171. The van der Waals surface area contributed by atoms with Crippen LogP contribution in [0.4, 0.5) is 10.1 Å². The molecule has 1 saturated heterocycles. The van der Waals surface area contributed by atoms with E-state index in [1.807, 2.05) is 0 Å². The van der Waals surface area contributed by atoms with Crippen LogP contribution in [0.15, 0.2) is 28.8 Å². The molecule has 2 amide bonds. The monoisotopic (exact) mass is 361 g/mol. The predicted octanol–water partition coefficient (Wildman–Crippen LogP) is 0.889. The average molecular weight is 361 g/mol. The van der Waals surface area contributed by atoms with E-state index in [4.69, 9.17) is 4.52 Å². The molecule has 0 spiro atoms. The van der Waals surface area contributed by atoms with Gasteiger partial charge in [0.25, 0.3) is 0 Å². The number of likely N-dealkylation sites (N-methyl/N-ethyl adjacent to an activating group) is 1. The molecule has 138 valence electrons. The van der Waals surface area contributed by atoms with Crippen LogP contribution in [0.5, 0.6) is 0 Å². The molecule has 8 nitrogen and oxygen atoms in total. The van der Waals surface area contributed by atoms with E-state index in [0.717, 1.165) is 0 Å². The average Bonchev–Trinajstić information content (AvgIpc) is 3.21. The first-order valence-corrected chi connectivity index (χ1v) is 8.25. The molecule has 1 aliphatic rings. The molecule has 26 heavy (non-hydrogen) atoms. The van der Waals surface area contributed by atoms with E-state index in [1.54, 1.807) is 24.0 Å². The molecule has 1 aromatic carbocycles. The van der Waals surface area contributed by atoms with Crippen molar-refractivity contribution in [1.29, 1.82) is 0 Å². The fourth-order valence-electron chi connectivity index (χ4n) is 3.10. The standard InChI is InChI=1S/C17H20FN5O3/c1-11-20-14(26-22-11)9-15(24)23-7-6-17(10-23,16(25)19-2)21-13-5-3-4-12(18)8-13/h3-5,8,21H,6-7,9-10H2,1-2H3,(H,19,25). The van der Waals surface area contributed by atoms with Gasteiger partial charge in [0, 0.05) is 19.3 Å². The highest BCUT2D eigenvalue weighted by Gasteiger charge is 2.45. The number of anilines is 1. The van der Waals surface area contributed by atoms with Crippen LogP contribution in [0.25, 0.3) is 0 Å². The summed E-state index contributed by atoms with van der Waals surface area (Å²) in [4.78, 5) is 30.6. The summed E-state index contributed by atoms with van der Waals surface area (Å²) in [5, 5.41) is 9.38. The van der Waals surface area contributed by atoms with Crippen LogP contribution in [0.3, 0.4) is 0 Å². The Morgan fingerprint density at radius 1 is 1.42 bits per heavy atom. The number of rotatable bonds is 5. The van der Waals surface area contributed by atoms with Crippen molar-refractivity contribution < 1.29 is 18.5 Å². The maximum absolute atomic E-state index is 13.5. The highest BCUT2D eigenvalue weighted by atomic mass is 19.1. The highest BCUT2D eigenvalue weighted by molar-refractivity contribution is 5.91. The van der Waals surface area contributed by atoms with Gasteiger partial charge in [-0.1, -0.05) is 11.2 Å². The van der Waals surface area contributed by atoms with Gasteiger partial charge in [0.1, 0.15) is 17.8 Å². The molecular weight excluding hydrogens is 341 g/mol. The summed E-state index contributed by atoms with van der Waals surface area (Å²) in [6.45, 7) is 2.23. The van der Waals surface area contributed by atoms with Gasteiger partial charge < -0.3 is 20.1 Å². The van der Waals surface area contributed by atoms with Crippen LogP contribution >= 0.6 is 0 Å². The number of amides is 2. The van der Waals surface area contributed by atoms with Gasteiger partial charge in [-0.05, 0) is 31.5 Å². The molecule has 2 heterocycles. The summed E-state index contributed by atoms with van der Waals surface area (Å²) in [6.07, 6.45) is 0.377. The van der Waals surface area contributed by atoms with E-state index in [-0.39, 0.29) is 30.7 Å². The molecule has 0 radical (unpaired) electrons. The van der Waals surface area contributed by atoms with E-state index >= 15 is 0 Å². The van der Waals surface area contributed by atoms with Gasteiger partial charge in [0.05, 0.1) is 6.54 Å². The predicted molar refractivity (Wildman–Crippen MR) is 90.8 cm³/mol. The summed E-state index contributed by atoms with van der Waals surface area (Å²) < 4.78 is 18.4. The van der Waals surface area contributed by atoms with Crippen molar-refractivity contribution in [1.82, 2.24) is 20.4 Å². The Balaban J connectivity index is 1.75. The number of nitrogens with one attached hydrogen (secondary N) is 2. The van der Waals surface area contributed by atoms with Crippen molar-refractivity contribution in [2.75, 3.05) is 25.5 Å². The fraction of sp³-hybridized carbons (Fsp3) is 0.412. The molecule has 0 aliphatic carbocycles. The number of aromatic nitrogens is 2. The van der Waals surface area contributed by atoms with Crippen LogP contribution in [0, 0.1) is 12.7 Å². The molecule has 0 bridgehead atoms. The second-order valence-electron chi connectivity index (χ2n) is 6.27. The molecule has 1 unspecified atom stereocenters. The molecule has 0 saturated carbocycles. The number of benzene rings is 1. The zero-order chi connectivity index (χ0) is 18.7. The Morgan fingerprint density at radius 3 is 2.88 bits per heavy atom. The molecule has 1 aliphatic heterocycles. The molecule has 1 atom stereocenters. The number of carbonyl (C=O) groups excluding carboxylic acids is 2. The summed E-state index contributed by atoms with van der Waals surface area (Å²) in [6, 6.07) is 5.88. The normalized spacial score (nSPS) is 19.4. The Bertz CT molecular complexity index is 824. The second kappa shape index (κ2) is 7.11. The Labute approximate surface area is 149 Å². The topological polar surface area (TPSA) is 100 Å². The number of nitrogens with zero attached hydrogens (tertiary/aromatic N) is 3. The van der Waals surface area contributed by atoms with Crippen LogP contribution in [-0.2, 0) is 16.0 Å². The zero-order valence-electron chi connectivity index (χ0n) is 14.6. The number of hydrogen-bond acceptors (Lipinski definition) is 6. The Morgan fingerprint density at radius 2 is 2.23 bits per heavy atom. The third-order valence-electron chi connectivity index (χ3n) is 4.36. The Hall–Kier alpha value is -2.97. The van der Waals surface area contributed by atoms with Gasteiger partial charge in [-0.3, -0.25) is 9.59 Å². The van der Waals surface area contributed by atoms with Crippen molar-refractivity contribution >= 4 is 17.5 Å². The number of carbonyl (C=O) groups is 2. The van der Waals surface area contributed by atoms with Crippen LogP contribution in [0.1, 0.15) is 18.1 Å². The lowest BCUT2D eigenvalue weighted by Gasteiger charge is -2.29. The van der Waals surface area contributed by atoms with E-state index in [9.17, 15) is 14.0 Å². The lowest BCUT2D eigenvalue weighted by Crippen LogP contribution is -2.54. The minimum atomic E-state index is -1.02. The number of hydrogen-bond donors (Lipinski definition) is 2. The molecule has 3 rings (SSSR count). The summed E-state index contributed by atoms with van der Waals surface area (Å²) in [7, 11) is 1.53. The lowest BCUT2D eigenvalue weighted by molar-refractivity contribution is -0.130. The largest absolute Gasteiger partial charge is 0.370 e. The van der Waals surface area contributed by atoms with Crippen molar-refractivity contribution in [3.63, 3.8) is 0 Å². The van der Waals surface area contributed by atoms with E-state index in [0.29, 0.717) is 24.5 Å². The minimum Gasteiger partial charge on any atom is -0.370 e. The quantitative estimate of drug-likeness (QED) is 0.820. The third-order valence-corrected chi connectivity index (χ3v) is 4.36. The van der Waals surface area contributed by atoms with Crippen molar-refractivity contribution in [2.45, 2.75) is 25.3 Å². The zero-order valence-corrected chi connectivity index (χ0v) is 14.6. The molecule has 1 aromatic heterocycles. The van der Waals surface area contributed by atoms with Crippen molar-refractivity contribution in [2.24, 2.45) is 0 Å². The van der Waals surface area contributed by atoms with Gasteiger partial charge in [0.2, 0.25) is 17.7 Å². The first kappa shape index (κ1) is 17.8. The second-order valence-corrected chi connectivity index (χ2v) is 6.27.